The lowest BCUT2D eigenvalue weighted by Gasteiger charge is -2.05. The molecule has 0 aliphatic heterocycles. The van der Waals surface area contributed by atoms with Crippen molar-refractivity contribution in [2.75, 3.05) is 11.9 Å². The Labute approximate surface area is 83.6 Å². The Morgan fingerprint density at radius 3 is 2.71 bits per heavy atom. The van der Waals surface area contributed by atoms with E-state index >= 15 is 0 Å². The van der Waals surface area contributed by atoms with Crippen LogP contribution >= 0.6 is 0 Å². The van der Waals surface area contributed by atoms with Gasteiger partial charge in [-0.25, -0.2) is 0 Å². The van der Waals surface area contributed by atoms with Crippen molar-refractivity contribution in [3.05, 3.63) is 29.3 Å². The number of hydrogen-bond donors (Lipinski definition) is 1. The van der Waals surface area contributed by atoms with Gasteiger partial charge in [0, 0.05) is 12.2 Å². The van der Waals surface area contributed by atoms with Crippen LogP contribution in [0.4, 0.5) is 5.69 Å². The van der Waals surface area contributed by atoms with Gasteiger partial charge in [0.15, 0.2) is 0 Å². The van der Waals surface area contributed by atoms with E-state index in [0.717, 1.165) is 11.3 Å². The van der Waals surface area contributed by atoms with Gasteiger partial charge in [-0.1, -0.05) is 0 Å². The number of anilines is 1. The fraction of sp³-hybridized carbons (Fsp3) is 0.273. The van der Waals surface area contributed by atoms with E-state index in [4.69, 9.17) is 10.5 Å². The summed E-state index contributed by atoms with van der Waals surface area (Å²) in [6, 6.07) is 9.71. The number of benzene rings is 1. The molecule has 3 heteroatoms. The highest BCUT2D eigenvalue weighted by molar-refractivity contribution is 5.51. The monoisotopic (exact) mass is 185 g/mol. The van der Waals surface area contributed by atoms with Crippen molar-refractivity contribution >= 4 is 5.69 Å². The zero-order chi connectivity index (χ0) is 10.4. The van der Waals surface area contributed by atoms with E-state index in [1.807, 2.05) is 19.1 Å². The zero-order valence-electron chi connectivity index (χ0n) is 8.04. The topological polar surface area (TPSA) is 59.6 Å². The smallest absolute Gasteiger partial charge is 0.0992 e. The second-order valence-electron chi connectivity index (χ2n) is 3.03. The van der Waals surface area contributed by atoms with E-state index in [9.17, 15) is 0 Å². The van der Waals surface area contributed by atoms with Gasteiger partial charge in [-0.05, 0) is 30.7 Å². The molecule has 0 radical (unpaired) electrons. The summed E-state index contributed by atoms with van der Waals surface area (Å²) in [5.74, 6) is 0. The number of aryl methyl sites for hydroxylation is 1. The van der Waals surface area contributed by atoms with Crippen LogP contribution in [-0.4, -0.2) is 6.54 Å². The summed E-state index contributed by atoms with van der Waals surface area (Å²) in [7, 11) is 0. The van der Waals surface area contributed by atoms with Gasteiger partial charge in [-0.15, -0.1) is 0 Å². The largest absolute Gasteiger partial charge is 0.384 e. The van der Waals surface area contributed by atoms with Crippen LogP contribution < -0.4 is 5.32 Å². The van der Waals surface area contributed by atoms with Crippen molar-refractivity contribution in [1.82, 2.24) is 0 Å². The molecule has 0 spiro atoms. The quantitative estimate of drug-likeness (QED) is 0.734. The molecule has 0 unspecified atom stereocenters. The first-order chi connectivity index (χ1) is 6.76. The lowest BCUT2D eigenvalue weighted by Crippen LogP contribution is -2.00. The number of rotatable bonds is 3. The van der Waals surface area contributed by atoms with Crippen LogP contribution in [-0.2, 0) is 0 Å². The molecule has 70 valence electrons. The Kier molecular flexibility index (Phi) is 3.52. The van der Waals surface area contributed by atoms with Gasteiger partial charge in [0.1, 0.15) is 0 Å². The summed E-state index contributed by atoms with van der Waals surface area (Å²) in [6.07, 6.45) is 0.468. The number of nitrogens with zero attached hydrogens (tertiary/aromatic N) is 2. The first-order valence-electron chi connectivity index (χ1n) is 4.39. The minimum Gasteiger partial charge on any atom is -0.384 e. The molecule has 0 bridgehead atoms. The molecule has 1 N–H and O–H groups in total. The summed E-state index contributed by atoms with van der Waals surface area (Å²) < 4.78 is 0. The van der Waals surface area contributed by atoms with Gasteiger partial charge in [-0.3, -0.25) is 0 Å². The molecule has 1 aromatic rings. The third kappa shape index (κ3) is 2.80. The van der Waals surface area contributed by atoms with Crippen LogP contribution in [0.1, 0.15) is 17.5 Å². The van der Waals surface area contributed by atoms with Crippen molar-refractivity contribution in [2.45, 2.75) is 13.3 Å². The maximum absolute atomic E-state index is 8.73. The Bertz CT molecular complexity index is 396. The summed E-state index contributed by atoms with van der Waals surface area (Å²) in [6.45, 7) is 2.56. The normalized spacial score (nSPS) is 8.79. The molecular formula is C11H11N3. The Balaban J connectivity index is 2.74. The molecule has 0 fully saturated rings. The Morgan fingerprint density at radius 2 is 2.07 bits per heavy atom. The van der Waals surface area contributed by atoms with Gasteiger partial charge in [-0.2, -0.15) is 10.5 Å². The van der Waals surface area contributed by atoms with Crippen LogP contribution in [0.25, 0.3) is 0 Å². The molecule has 1 aromatic carbocycles. The highest BCUT2D eigenvalue weighted by Crippen LogP contribution is 2.13. The molecule has 0 amide bonds. The van der Waals surface area contributed by atoms with E-state index in [-0.39, 0.29) is 0 Å². The molecule has 0 saturated heterocycles. The molecule has 0 atom stereocenters. The van der Waals surface area contributed by atoms with Crippen molar-refractivity contribution in [3.8, 4) is 12.1 Å². The third-order valence-electron chi connectivity index (χ3n) is 1.77. The van der Waals surface area contributed by atoms with Crippen LogP contribution in [0.2, 0.25) is 0 Å². The summed E-state index contributed by atoms with van der Waals surface area (Å²) >= 11 is 0. The lowest BCUT2D eigenvalue weighted by molar-refractivity contribution is 1.07. The number of nitrogens with one attached hydrogen (secondary N) is 1. The number of hydrogen-bond acceptors (Lipinski definition) is 3. The first kappa shape index (κ1) is 10.1. The highest BCUT2D eigenvalue weighted by atomic mass is 14.9. The maximum atomic E-state index is 8.73. The molecule has 0 heterocycles. The Hall–Kier alpha value is -2.00. The van der Waals surface area contributed by atoms with Crippen molar-refractivity contribution in [1.29, 1.82) is 10.5 Å². The van der Waals surface area contributed by atoms with Crippen molar-refractivity contribution in [2.24, 2.45) is 0 Å². The molecular weight excluding hydrogens is 174 g/mol. The summed E-state index contributed by atoms with van der Waals surface area (Å²) in [5, 5.41) is 20.2. The minimum absolute atomic E-state index is 0.468. The highest BCUT2D eigenvalue weighted by Gasteiger charge is 1.96. The molecule has 0 saturated carbocycles. The average Bonchev–Trinajstić information content (AvgIpc) is 2.17. The van der Waals surface area contributed by atoms with E-state index < -0.39 is 0 Å². The fourth-order valence-corrected chi connectivity index (χ4v) is 1.21. The zero-order valence-corrected chi connectivity index (χ0v) is 8.04. The van der Waals surface area contributed by atoms with Crippen LogP contribution in [0.5, 0.6) is 0 Å². The standard InChI is InChI=1S/C11H11N3/c1-9-5-10(8-13)7-11(6-9)14-4-2-3-12/h5-7,14H,2,4H2,1H3. The summed E-state index contributed by atoms with van der Waals surface area (Å²) in [5.41, 5.74) is 2.59. The first-order valence-corrected chi connectivity index (χ1v) is 4.39. The second kappa shape index (κ2) is 4.89. The van der Waals surface area contributed by atoms with Gasteiger partial charge >= 0.3 is 0 Å². The van der Waals surface area contributed by atoms with E-state index in [1.165, 1.54) is 0 Å². The van der Waals surface area contributed by atoms with Gasteiger partial charge in [0.2, 0.25) is 0 Å². The van der Waals surface area contributed by atoms with Crippen LogP contribution in [0, 0.1) is 29.6 Å². The van der Waals surface area contributed by atoms with Crippen molar-refractivity contribution in [3.63, 3.8) is 0 Å². The minimum atomic E-state index is 0.468. The fourth-order valence-electron chi connectivity index (χ4n) is 1.21. The summed E-state index contributed by atoms with van der Waals surface area (Å²) in [4.78, 5) is 0. The van der Waals surface area contributed by atoms with E-state index in [0.29, 0.717) is 18.5 Å². The van der Waals surface area contributed by atoms with Gasteiger partial charge in [0.05, 0.1) is 24.1 Å². The van der Waals surface area contributed by atoms with E-state index in [1.54, 1.807) is 6.07 Å². The molecule has 3 nitrogen and oxygen atoms in total. The van der Waals surface area contributed by atoms with Crippen LogP contribution in [0.15, 0.2) is 18.2 Å². The maximum Gasteiger partial charge on any atom is 0.0992 e. The Morgan fingerprint density at radius 1 is 1.29 bits per heavy atom. The molecule has 14 heavy (non-hydrogen) atoms. The SMILES string of the molecule is Cc1cc(C#N)cc(NCCC#N)c1. The molecule has 1 rings (SSSR count). The lowest BCUT2D eigenvalue weighted by atomic mass is 10.1. The third-order valence-corrected chi connectivity index (χ3v) is 1.77. The predicted molar refractivity (Wildman–Crippen MR) is 54.6 cm³/mol. The van der Waals surface area contributed by atoms with E-state index in [2.05, 4.69) is 17.5 Å². The molecule has 0 aliphatic rings. The van der Waals surface area contributed by atoms with Gasteiger partial charge in [0.25, 0.3) is 0 Å². The number of nitriles is 2. The van der Waals surface area contributed by atoms with Crippen molar-refractivity contribution < 1.29 is 0 Å². The molecule has 0 aliphatic carbocycles. The molecule has 0 aromatic heterocycles. The average molecular weight is 185 g/mol. The predicted octanol–water partition coefficient (Wildman–Crippen LogP) is 2.19. The van der Waals surface area contributed by atoms with Gasteiger partial charge < -0.3 is 5.32 Å². The second-order valence-corrected chi connectivity index (χ2v) is 3.03. The van der Waals surface area contributed by atoms with Crippen LogP contribution in [0.3, 0.4) is 0 Å².